The van der Waals surface area contributed by atoms with Crippen LogP contribution < -0.4 is 5.32 Å². The van der Waals surface area contributed by atoms with Crippen LogP contribution in [0.15, 0.2) is 87.1 Å². The van der Waals surface area contributed by atoms with E-state index >= 15 is 0 Å². The maximum absolute atomic E-state index is 14.0. The van der Waals surface area contributed by atoms with Crippen LogP contribution in [0.2, 0.25) is 0 Å². The number of thioether (sulfide) groups is 3. The molecule has 0 aliphatic carbocycles. The number of aryl methyl sites for hydroxylation is 1. The molecule has 1 saturated heterocycles. The fourth-order valence-electron chi connectivity index (χ4n) is 4.45. The number of amides is 2. The van der Waals surface area contributed by atoms with E-state index in [1.54, 1.807) is 0 Å². The van der Waals surface area contributed by atoms with Gasteiger partial charge in [-0.3, -0.25) is 19.6 Å². The smallest absolute Gasteiger partial charge is 0.356 e. The van der Waals surface area contributed by atoms with Gasteiger partial charge in [-0.1, -0.05) is 95.5 Å². The van der Waals surface area contributed by atoms with Crippen LogP contribution in [-0.4, -0.2) is 71.0 Å². The molecule has 2 N–H and O–H groups in total. The molecule has 11 nitrogen and oxygen atoms in total. The SMILES string of the molecule is Cc1nnc(SCC(=O)N[C@@H]2C(=O)N3C(C(=O)OC(c4ccccc4)c4ccccc4)=C(Sc4ncn[nH]4)CS[C@@H]23)s1. The summed E-state index contributed by atoms with van der Waals surface area (Å²) in [6.07, 6.45) is 0.687. The number of rotatable bonds is 10. The molecule has 2 amide bonds. The number of hydrogen-bond donors (Lipinski definition) is 2. The molecule has 0 radical (unpaired) electrons. The van der Waals surface area contributed by atoms with Crippen molar-refractivity contribution in [1.82, 2.24) is 35.6 Å². The van der Waals surface area contributed by atoms with Gasteiger partial charge in [-0.25, -0.2) is 9.78 Å². The van der Waals surface area contributed by atoms with Crippen LogP contribution in [0.5, 0.6) is 0 Å². The minimum Gasteiger partial charge on any atom is -0.448 e. The highest BCUT2D eigenvalue weighted by Gasteiger charge is 2.55. The van der Waals surface area contributed by atoms with Gasteiger partial charge in [0.2, 0.25) is 5.91 Å². The number of fused-ring (bicyclic) bond motifs is 1. The molecular formula is C27H23N7O4S4. The number of carbonyl (C=O) groups is 3. The third kappa shape index (κ3) is 6.09. The number of esters is 1. The molecule has 2 aliphatic rings. The Morgan fingerprint density at radius 1 is 1.12 bits per heavy atom. The zero-order chi connectivity index (χ0) is 29.1. The molecule has 2 aliphatic heterocycles. The number of H-pyrrole nitrogens is 1. The quantitative estimate of drug-likeness (QED) is 0.149. The predicted molar refractivity (Wildman–Crippen MR) is 160 cm³/mol. The first-order chi connectivity index (χ1) is 20.5. The molecule has 15 heteroatoms. The Labute approximate surface area is 257 Å². The molecule has 1 fully saturated rings. The summed E-state index contributed by atoms with van der Waals surface area (Å²) in [5.41, 5.74) is 1.74. The first-order valence-corrected chi connectivity index (χ1v) is 16.4. The summed E-state index contributed by atoms with van der Waals surface area (Å²) in [6, 6.07) is 18.1. The maximum Gasteiger partial charge on any atom is 0.356 e. The van der Waals surface area contributed by atoms with Crippen molar-refractivity contribution in [3.05, 3.63) is 93.7 Å². The lowest BCUT2D eigenvalue weighted by atomic mass is 10.0. The second kappa shape index (κ2) is 12.7. The number of hydrogen-bond acceptors (Lipinski definition) is 12. The molecule has 4 aromatic rings. The van der Waals surface area contributed by atoms with Gasteiger partial charge in [0.1, 0.15) is 28.4 Å². The van der Waals surface area contributed by atoms with E-state index in [0.29, 0.717) is 20.2 Å². The standard InChI is InChI=1S/C27H23N7O4S4/c1-15-31-33-27(41-15)40-13-19(35)30-20-23(36)34-21(18(12-39-24(20)34)42-26-28-14-29-32-26)25(37)38-22(16-8-4-2-5-9-16)17-10-6-3-7-11-17/h2-11,14,20,22,24H,12-13H2,1H3,(H,30,35)(H,28,29,32)/t20-,24+/m1/s1. The average Bonchev–Trinajstić information content (AvgIpc) is 3.69. The Kier molecular flexibility index (Phi) is 8.60. The topological polar surface area (TPSA) is 143 Å². The van der Waals surface area contributed by atoms with Gasteiger partial charge in [0.05, 0.1) is 5.75 Å². The van der Waals surface area contributed by atoms with E-state index in [4.69, 9.17) is 4.74 Å². The molecular weight excluding hydrogens is 615 g/mol. The van der Waals surface area contributed by atoms with Crippen LogP contribution in [-0.2, 0) is 19.1 Å². The lowest BCUT2D eigenvalue weighted by Crippen LogP contribution is -2.70. The van der Waals surface area contributed by atoms with E-state index in [0.717, 1.165) is 16.1 Å². The highest BCUT2D eigenvalue weighted by Crippen LogP contribution is 2.45. The largest absolute Gasteiger partial charge is 0.448 e. The van der Waals surface area contributed by atoms with Gasteiger partial charge in [-0.2, -0.15) is 5.10 Å². The molecule has 2 aromatic heterocycles. The van der Waals surface area contributed by atoms with Crippen LogP contribution in [0.4, 0.5) is 0 Å². The molecule has 0 saturated carbocycles. The summed E-state index contributed by atoms with van der Waals surface area (Å²) < 4.78 is 6.84. The molecule has 2 atom stereocenters. The van der Waals surface area contributed by atoms with Crippen molar-refractivity contribution >= 4 is 64.4 Å². The summed E-state index contributed by atoms with van der Waals surface area (Å²) in [7, 11) is 0. The third-order valence-electron chi connectivity index (χ3n) is 6.32. The lowest BCUT2D eigenvalue weighted by molar-refractivity contribution is -0.154. The molecule has 6 rings (SSSR count). The van der Waals surface area contributed by atoms with Gasteiger partial charge >= 0.3 is 5.97 Å². The van der Waals surface area contributed by atoms with Crippen molar-refractivity contribution < 1.29 is 19.1 Å². The summed E-state index contributed by atoms with van der Waals surface area (Å²) in [6.45, 7) is 1.84. The van der Waals surface area contributed by atoms with Crippen LogP contribution in [0.25, 0.3) is 0 Å². The third-order valence-corrected chi connectivity index (χ3v) is 10.7. The summed E-state index contributed by atoms with van der Waals surface area (Å²) in [5.74, 6) is -0.800. The molecule has 0 bridgehead atoms. The Morgan fingerprint density at radius 3 is 2.45 bits per heavy atom. The van der Waals surface area contributed by atoms with Crippen molar-refractivity contribution in [2.24, 2.45) is 0 Å². The van der Waals surface area contributed by atoms with Crippen LogP contribution >= 0.6 is 46.6 Å². The number of aromatic amines is 1. The van der Waals surface area contributed by atoms with Gasteiger partial charge in [0.15, 0.2) is 15.6 Å². The van der Waals surface area contributed by atoms with E-state index in [9.17, 15) is 14.4 Å². The van der Waals surface area contributed by atoms with Gasteiger partial charge in [-0.15, -0.1) is 22.0 Å². The van der Waals surface area contributed by atoms with Gasteiger partial charge in [-0.05, 0) is 18.1 Å². The summed E-state index contributed by atoms with van der Waals surface area (Å²) in [5, 5.41) is 18.3. The minimum atomic E-state index is -0.766. The van der Waals surface area contributed by atoms with Gasteiger partial charge < -0.3 is 10.1 Å². The van der Waals surface area contributed by atoms with Crippen LogP contribution in [0, 0.1) is 6.92 Å². The molecule has 0 unspecified atom stereocenters. The van der Waals surface area contributed by atoms with Crippen molar-refractivity contribution in [1.29, 1.82) is 0 Å². The number of nitrogens with zero attached hydrogens (tertiary/aromatic N) is 5. The molecule has 4 heterocycles. The molecule has 42 heavy (non-hydrogen) atoms. The first-order valence-electron chi connectivity index (χ1n) is 12.7. The van der Waals surface area contributed by atoms with Gasteiger partial charge in [0, 0.05) is 10.7 Å². The summed E-state index contributed by atoms with van der Waals surface area (Å²) in [4.78, 5) is 46.4. The van der Waals surface area contributed by atoms with Crippen molar-refractivity contribution in [3.8, 4) is 0 Å². The van der Waals surface area contributed by atoms with E-state index in [1.807, 2.05) is 67.6 Å². The van der Waals surface area contributed by atoms with Gasteiger partial charge in [0.25, 0.3) is 5.91 Å². The Morgan fingerprint density at radius 2 is 1.83 bits per heavy atom. The monoisotopic (exact) mass is 637 g/mol. The molecule has 2 aromatic carbocycles. The lowest BCUT2D eigenvalue weighted by Gasteiger charge is -2.49. The van der Waals surface area contributed by atoms with E-state index in [2.05, 4.69) is 30.7 Å². The Bertz CT molecular complexity index is 1580. The second-order valence-corrected chi connectivity index (χ2v) is 13.7. The average molecular weight is 638 g/mol. The minimum absolute atomic E-state index is 0.100. The van der Waals surface area contributed by atoms with E-state index in [-0.39, 0.29) is 23.3 Å². The number of carbonyl (C=O) groups excluding carboxylic acids is 3. The number of β-lactam (4-membered cyclic amide) rings is 1. The number of aromatic nitrogens is 5. The normalized spacial score (nSPS) is 18.0. The number of benzene rings is 2. The van der Waals surface area contributed by atoms with Crippen LogP contribution in [0.3, 0.4) is 0 Å². The van der Waals surface area contributed by atoms with Crippen LogP contribution in [0.1, 0.15) is 22.2 Å². The van der Waals surface area contributed by atoms with Crippen molar-refractivity contribution in [2.45, 2.75) is 33.9 Å². The van der Waals surface area contributed by atoms with E-state index in [1.165, 1.54) is 57.8 Å². The zero-order valence-electron chi connectivity index (χ0n) is 22.0. The number of ether oxygens (including phenoxy) is 1. The fourth-order valence-corrected chi connectivity index (χ4v) is 8.42. The zero-order valence-corrected chi connectivity index (χ0v) is 25.3. The summed E-state index contributed by atoms with van der Waals surface area (Å²) >= 11 is 5.35. The number of nitrogens with one attached hydrogen (secondary N) is 2. The highest BCUT2D eigenvalue weighted by molar-refractivity contribution is 8.06. The Balaban J connectivity index is 1.24. The van der Waals surface area contributed by atoms with Crippen molar-refractivity contribution in [3.63, 3.8) is 0 Å². The predicted octanol–water partition coefficient (Wildman–Crippen LogP) is 3.79. The fraction of sp³-hybridized carbons (Fsp3) is 0.222. The molecule has 0 spiro atoms. The van der Waals surface area contributed by atoms with E-state index < -0.39 is 23.5 Å². The van der Waals surface area contributed by atoms with Crippen molar-refractivity contribution in [2.75, 3.05) is 11.5 Å². The highest BCUT2D eigenvalue weighted by atomic mass is 32.2. The molecule has 214 valence electrons. The maximum atomic E-state index is 14.0. The Hall–Kier alpha value is -3.66. The second-order valence-electron chi connectivity index (χ2n) is 9.10. The first kappa shape index (κ1) is 28.5.